The van der Waals surface area contributed by atoms with Gasteiger partial charge in [0.2, 0.25) is 5.91 Å². The van der Waals surface area contributed by atoms with Crippen molar-refractivity contribution in [1.29, 1.82) is 0 Å². The molecule has 4 unspecified atom stereocenters. The van der Waals surface area contributed by atoms with E-state index in [9.17, 15) is 14.4 Å². The number of aromatic nitrogens is 2. The van der Waals surface area contributed by atoms with E-state index in [4.69, 9.17) is 28.9 Å². The van der Waals surface area contributed by atoms with Crippen molar-refractivity contribution in [3.63, 3.8) is 0 Å². The summed E-state index contributed by atoms with van der Waals surface area (Å²) >= 11 is 1.53. The molecule has 1 saturated heterocycles. The Labute approximate surface area is 332 Å². The van der Waals surface area contributed by atoms with Crippen LogP contribution in [0.5, 0.6) is 17.2 Å². The lowest BCUT2D eigenvalue weighted by molar-refractivity contribution is -0.149. The maximum absolute atomic E-state index is 14.8. The lowest BCUT2D eigenvalue weighted by Gasteiger charge is -2.32. The molecule has 2 aliphatic heterocycles. The van der Waals surface area contributed by atoms with Gasteiger partial charge in [-0.15, -0.1) is 11.3 Å². The van der Waals surface area contributed by atoms with Crippen molar-refractivity contribution < 1.29 is 33.3 Å². The molecule has 2 aromatic carbocycles. The van der Waals surface area contributed by atoms with Gasteiger partial charge >= 0.3 is 12.0 Å². The number of nitrogens with zero attached hydrogens (tertiary/aromatic N) is 4. The van der Waals surface area contributed by atoms with Gasteiger partial charge in [0.05, 0.1) is 38.6 Å². The van der Waals surface area contributed by atoms with Crippen LogP contribution in [0.15, 0.2) is 66.1 Å². The van der Waals surface area contributed by atoms with Crippen LogP contribution in [0.4, 0.5) is 4.79 Å². The summed E-state index contributed by atoms with van der Waals surface area (Å²) < 4.78 is 23.2. The highest BCUT2D eigenvalue weighted by molar-refractivity contribution is 7.13. The molecule has 296 valence electrons. The number of rotatable bonds is 10. The number of ether oxygens (including phenoxy) is 4. The molecule has 0 bridgehead atoms. The number of esters is 1. The number of carbonyl (C=O) groups excluding carboxylic acids is 3. The zero-order valence-electron chi connectivity index (χ0n) is 32.8. The van der Waals surface area contributed by atoms with Gasteiger partial charge in [0, 0.05) is 48.3 Å². The average molecular weight is 782 g/mol. The Morgan fingerprint density at radius 1 is 1.02 bits per heavy atom. The minimum atomic E-state index is -1.17. The number of benzene rings is 2. The fraction of sp³-hybridized carbons (Fsp3) is 0.465. The van der Waals surface area contributed by atoms with Gasteiger partial charge < -0.3 is 34.1 Å². The van der Waals surface area contributed by atoms with E-state index in [1.807, 2.05) is 64.9 Å². The molecule has 56 heavy (non-hydrogen) atoms. The first-order valence-corrected chi connectivity index (χ1v) is 20.5. The third kappa shape index (κ3) is 8.33. The molecule has 1 aliphatic carbocycles. The largest absolute Gasteiger partial charge is 0.497 e. The molecule has 3 aliphatic rings. The Morgan fingerprint density at radius 2 is 1.80 bits per heavy atom. The number of carbonyl (C=O) groups is 3. The number of pyridine rings is 1. The van der Waals surface area contributed by atoms with Crippen molar-refractivity contribution in [2.24, 2.45) is 5.92 Å². The zero-order chi connectivity index (χ0) is 39.4. The van der Waals surface area contributed by atoms with E-state index in [1.165, 1.54) is 11.3 Å². The Balaban J connectivity index is 1.24. The first-order valence-electron chi connectivity index (χ1n) is 19.6. The van der Waals surface area contributed by atoms with E-state index < -0.39 is 29.6 Å². The van der Waals surface area contributed by atoms with Gasteiger partial charge in [0.1, 0.15) is 45.6 Å². The second kappa shape index (κ2) is 16.9. The highest BCUT2D eigenvalue weighted by Gasteiger charge is 2.62. The van der Waals surface area contributed by atoms with Gasteiger partial charge in [-0.3, -0.25) is 4.79 Å². The van der Waals surface area contributed by atoms with Gasteiger partial charge in [-0.05, 0) is 68.4 Å². The summed E-state index contributed by atoms with van der Waals surface area (Å²) in [5.41, 5.74) is 2.10. The quantitative estimate of drug-likeness (QED) is 0.128. The van der Waals surface area contributed by atoms with Crippen molar-refractivity contribution in [2.75, 3.05) is 33.9 Å². The third-order valence-corrected chi connectivity index (χ3v) is 11.8. The molecule has 4 atom stereocenters. The molecule has 4 heterocycles. The molecule has 1 N–H and O–H groups in total. The number of allylic oxidation sites excluding steroid dienone is 1. The molecule has 13 heteroatoms. The maximum Gasteiger partial charge on any atom is 0.332 e. The number of urea groups is 1. The highest BCUT2D eigenvalue weighted by Crippen LogP contribution is 2.46. The fourth-order valence-corrected chi connectivity index (χ4v) is 8.53. The van der Waals surface area contributed by atoms with Crippen LogP contribution in [0.2, 0.25) is 0 Å². The molecule has 4 aromatic rings. The second-order valence-electron chi connectivity index (χ2n) is 15.1. The number of amides is 3. The Kier molecular flexibility index (Phi) is 11.8. The first kappa shape index (κ1) is 39.1. The topological polar surface area (TPSA) is 132 Å². The van der Waals surface area contributed by atoms with Gasteiger partial charge in [0.15, 0.2) is 0 Å². The molecule has 12 nitrogen and oxygen atoms in total. The average Bonchev–Trinajstić information content (AvgIpc) is 3.48. The number of fused-ring (bicyclic) bond motifs is 3. The summed E-state index contributed by atoms with van der Waals surface area (Å²) in [5, 5.41) is 6.66. The zero-order valence-corrected chi connectivity index (χ0v) is 33.6. The number of thiazole rings is 1. The third-order valence-electron chi connectivity index (χ3n) is 10.9. The van der Waals surface area contributed by atoms with Crippen LogP contribution in [0, 0.1) is 5.92 Å². The Morgan fingerprint density at radius 3 is 2.54 bits per heavy atom. The van der Waals surface area contributed by atoms with Crippen LogP contribution < -0.4 is 19.5 Å². The Hall–Kier alpha value is -5.17. The molecule has 0 radical (unpaired) electrons. The van der Waals surface area contributed by atoms with Gasteiger partial charge in [0.25, 0.3) is 0 Å². The van der Waals surface area contributed by atoms with Crippen molar-refractivity contribution in [3.05, 3.63) is 77.3 Å². The van der Waals surface area contributed by atoms with Crippen LogP contribution >= 0.6 is 11.3 Å². The molecule has 0 spiro atoms. The number of nitrogens with one attached hydrogen (secondary N) is 1. The molecular weight excluding hydrogens is 731 g/mol. The molecule has 2 aromatic heterocycles. The van der Waals surface area contributed by atoms with Crippen molar-refractivity contribution in [1.82, 2.24) is 25.1 Å². The normalized spacial score (nSPS) is 23.4. The SMILES string of the molecule is CCOC(=O)C12CC1/C=C/CCCCCN(Cc1ccc(OC)cc1)C(=O)N1CC(Oc3cc(-c4nc(C(C)C)cs4)nc4cc(OC)ccc34)CC1C(=O)N2. The summed E-state index contributed by atoms with van der Waals surface area (Å²) in [4.78, 5) is 55.9. The monoisotopic (exact) mass is 781 g/mol. The summed E-state index contributed by atoms with van der Waals surface area (Å²) in [6, 6.07) is 14.1. The molecular formula is C43H51N5O7S. The summed E-state index contributed by atoms with van der Waals surface area (Å²) in [6.45, 7) is 7.21. The lowest BCUT2D eigenvalue weighted by Crippen LogP contribution is -2.55. The minimum Gasteiger partial charge on any atom is -0.497 e. The van der Waals surface area contributed by atoms with E-state index in [0.717, 1.165) is 53.1 Å². The first-order chi connectivity index (χ1) is 27.1. The van der Waals surface area contributed by atoms with Crippen LogP contribution in [0.25, 0.3) is 21.6 Å². The predicted octanol–water partition coefficient (Wildman–Crippen LogP) is 7.51. The van der Waals surface area contributed by atoms with Crippen LogP contribution in [-0.4, -0.2) is 89.3 Å². The van der Waals surface area contributed by atoms with Crippen LogP contribution in [-0.2, 0) is 20.9 Å². The van der Waals surface area contributed by atoms with E-state index in [0.29, 0.717) is 42.2 Å². The van der Waals surface area contributed by atoms with E-state index in [-0.39, 0.29) is 37.4 Å². The second-order valence-corrected chi connectivity index (χ2v) is 15.9. The fourth-order valence-electron chi connectivity index (χ4n) is 7.59. The minimum absolute atomic E-state index is 0.163. The molecule has 3 amide bonds. The number of hydrogen-bond acceptors (Lipinski definition) is 10. The summed E-state index contributed by atoms with van der Waals surface area (Å²) in [6.07, 6.45) is 7.78. The van der Waals surface area contributed by atoms with Gasteiger partial charge in [-0.2, -0.15) is 0 Å². The Bertz CT molecular complexity index is 2080. The summed E-state index contributed by atoms with van der Waals surface area (Å²) in [5.74, 6) is 1.19. The van der Waals surface area contributed by atoms with Crippen molar-refractivity contribution >= 4 is 40.1 Å². The van der Waals surface area contributed by atoms with E-state index in [1.54, 1.807) is 26.0 Å². The van der Waals surface area contributed by atoms with Crippen LogP contribution in [0.1, 0.15) is 76.5 Å². The van der Waals surface area contributed by atoms with E-state index in [2.05, 4.69) is 25.2 Å². The van der Waals surface area contributed by atoms with Crippen LogP contribution in [0.3, 0.4) is 0 Å². The van der Waals surface area contributed by atoms with Crippen molar-refractivity contribution in [3.8, 4) is 28.0 Å². The molecule has 1 saturated carbocycles. The predicted molar refractivity (Wildman–Crippen MR) is 215 cm³/mol. The standard InChI is InChI=1S/C43H51N5O7S/c1-6-54-41(50)43-23-29(43)12-10-8-7-9-11-19-47(24-28-13-15-30(52-4)16-14-28)42(51)48-25-32(21-37(48)39(49)46-43)55-38-22-35(40-45-36(26-56-40)27(2)3)44-34-20-31(53-5)17-18-33(34)38/h10,12-18,20,22,26-27,29,32,37H,6-9,11,19,21,23-25H2,1-5H3,(H,46,49)/b12-10+. The number of methoxy groups -OCH3 is 2. The lowest BCUT2D eigenvalue weighted by atomic mass is 10.1. The van der Waals surface area contributed by atoms with Gasteiger partial charge in [-0.1, -0.05) is 44.6 Å². The molecule has 7 rings (SSSR count). The highest BCUT2D eigenvalue weighted by atomic mass is 32.1. The summed E-state index contributed by atoms with van der Waals surface area (Å²) in [7, 11) is 3.24. The smallest absolute Gasteiger partial charge is 0.332 e. The van der Waals surface area contributed by atoms with Gasteiger partial charge in [-0.25, -0.2) is 19.6 Å². The van der Waals surface area contributed by atoms with Crippen molar-refractivity contribution in [2.45, 2.75) is 89.4 Å². The number of hydrogen-bond donors (Lipinski definition) is 1. The van der Waals surface area contributed by atoms with E-state index >= 15 is 0 Å². The maximum atomic E-state index is 14.8. The molecule has 2 fully saturated rings.